The smallest absolute Gasteiger partial charge is 0.207 e. The van der Waals surface area contributed by atoms with Crippen LogP contribution < -0.4 is 0 Å². The van der Waals surface area contributed by atoms with E-state index in [2.05, 4.69) is 15.9 Å². The van der Waals surface area contributed by atoms with Gasteiger partial charge >= 0.3 is 0 Å². The van der Waals surface area contributed by atoms with Crippen LogP contribution in [0.3, 0.4) is 0 Å². The summed E-state index contributed by atoms with van der Waals surface area (Å²) in [6.45, 7) is 1.81. The molecule has 0 aliphatic heterocycles. The Morgan fingerprint density at radius 3 is 2.38 bits per heavy atom. The summed E-state index contributed by atoms with van der Waals surface area (Å²) in [6, 6.07) is 2.93. The largest absolute Gasteiger partial charge is 0.262 e. The molecule has 13 heavy (non-hydrogen) atoms. The zero-order chi connectivity index (χ0) is 10.2. The summed E-state index contributed by atoms with van der Waals surface area (Å²) in [5.41, 5.74) is 0.856. The topological polar surface area (TPSA) is 34.1 Å². The third kappa shape index (κ3) is 2.59. The van der Waals surface area contributed by atoms with Gasteiger partial charge in [-0.25, -0.2) is 8.42 Å². The van der Waals surface area contributed by atoms with E-state index < -0.39 is 9.05 Å². The fourth-order valence-corrected chi connectivity index (χ4v) is 2.88. The molecule has 2 nitrogen and oxygen atoms in total. The van der Waals surface area contributed by atoms with Gasteiger partial charge in [0.25, 0.3) is 9.05 Å². The molecule has 0 saturated heterocycles. The minimum Gasteiger partial charge on any atom is -0.207 e. The number of aryl methyl sites for hydroxylation is 1. The van der Waals surface area contributed by atoms with E-state index in [1.54, 1.807) is 13.0 Å². The molecule has 1 aromatic rings. The number of hydrogen-bond donors (Lipinski definition) is 0. The van der Waals surface area contributed by atoms with Crippen LogP contribution in [0.2, 0.25) is 5.02 Å². The number of halogens is 3. The van der Waals surface area contributed by atoms with E-state index in [9.17, 15) is 8.42 Å². The van der Waals surface area contributed by atoms with Crippen LogP contribution in [0.5, 0.6) is 0 Å². The second kappa shape index (κ2) is 3.77. The molecule has 0 amide bonds. The lowest BCUT2D eigenvalue weighted by molar-refractivity contribution is 0.609. The summed E-state index contributed by atoms with van der Waals surface area (Å²) in [5, 5.41) is 0.135. The average molecular weight is 304 g/mol. The highest BCUT2D eigenvalue weighted by Gasteiger charge is 2.15. The maximum absolute atomic E-state index is 11.0. The average Bonchev–Trinajstić information content (AvgIpc) is 1.94. The third-order valence-electron chi connectivity index (χ3n) is 1.48. The summed E-state index contributed by atoms with van der Waals surface area (Å²) in [5.74, 6) is 0. The monoisotopic (exact) mass is 302 g/mol. The SMILES string of the molecule is Cc1cc(Cl)c(S(=O)(=O)Cl)cc1Br. The molecule has 0 spiro atoms. The van der Waals surface area contributed by atoms with Crippen molar-refractivity contribution < 1.29 is 8.42 Å². The minimum absolute atomic E-state index is 0.0756. The first-order valence-electron chi connectivity index (χ1n) is 3.22. The normalized spacial score (nSPS) is 11.7. The fourth-order valence-electron chi connectivity index (χ4n) is 0.815. The molecule has 0 aliphatic carbocycles. The van der Waals surface area contributed by atoms with Crippen LogP contribution in [-0.4, -0.2) is 8.42 Å². The Morgan fingerprint density at radius 1 is 1.38 bits per heavy atom. The molecule has 0 N–H and O–H groups in total. The Balaban J connectivity index is 3.50. The maximum Gasteiger partial charge on any atom is 0.262 e. The van der Waals surface area contributed by atoms with Crippen molar-refractivity contribution in [1.82, 2.24) is 0 Å². The van der Waals surface area contributed by atoms with Gasteiger partial charge in [-0.05, 0) is 24.6 Å². The second-order valence-corrected chi connectivity index (χ2v) is 6.27. The van der Waals surface area contributed by atoms with Crippen LogP contribution in [0.15, 0.2) is 21.5 Å². The molecule has 0 radical (unpaired) electrons. The highest BCUT2D eigenvalue weighted by molar-refractivity contribution is 9.10. The molecule has 0 aliphatic rings. The number of benzene rings is 1. The highest BCUT2D eigenvalue weighted by atomic mass is 79.9. The van der Waals surface area contributed by atoms with Crippen molar-refractivity contribution >= 4 is 47.3 Å². The zero-order valence-corrected chi connectivity index (χ0v) is 10.4. The quantitative estimate of drug-likeness (QED) is 0.746. The van der Waals surface area contributed by atoms with E-state index in [1.165, 1.54) is 6.07 Å². The summed E-state index contributed by atoms with van der Waals surface area (Å²) in [4.78, 5) is -0.0756. The van der Waals surface area contributed by atoms with E-state index in [-0.39, 0.29) is 9.92 Å². The van der Waals surface area contributed by atoms with Crippen molar-refractivity contribution in [1.29, 1.82) is 0 Å². The van der Waals surface area contributed by atoms with Gasteiger partial charge in [0.15, 0.2) is 0 Å². The Labute approximate surface area is 94.4 Å². The van der Waals surface area contributed by atoms with Crippen LogP contribution in [0.4, 0.5) is 0 Å². The van der Waals surface area contributed by atoms with Gasteiger partial charge in [0.2, 0.25) is 0 Å². The van der Waals surface area contributed by atoms with E-state index in [4.69, 9.17) is 22.3 Å². The van der Waals surface area contributed by atoms with Gasteiger partial charge in [0.05, 0.1) is 5.02 Å². The van der Waals surface area contributed by atoms with Crippen molar-refractivity contribution in [2.75, 3.05) is 0 Å². The van der Waals surface area contributed by atoms with Crippen LogP contribution in [-0.2, 0) is 9.05 Å². The molecule has 0 atom stereocenters. The predicted octanol–water partition coefficient (Wildman–Crippen LogP) is 3.34. The molecule has 0 unspecified atom stereocenters. The van der Waals surface area contributed by atoms with Crippen LogP contribution in [0.25, 0.3) is 0 Å². The molecule has 1 rings (SSSR count). The Kier molecular flexibility index (Phi) is 3.28. The van der Waals surface area contributed by atoms with E-state index in [1.807, 2.05) is 0 Å². The first-order valence-corrected chi connectivity index (χ1v) is 6.70. The molecular weight excluding hydrogens is 299 g/mol. The van der Waals surface area contributed by atoms with E-state index in [0.29, 0.717) is 4.47 Å². The van der Waals surface area contributed by atoms with Gasteiger partial charge in [-0.15, -0.1) is 0 Å². The van der Waals surface area contributed by atoms with Gasteiger partial charge in [-0.3, -0.25) is 0 Å². The van der Waals surface area contributed by atoms with Crippen molar-refractivity contribution in [2.24, 2.45) is 0 Å². The molecule has 0 heterocycles. The maximum atomic E-state index is 11.0. The van der Waals surface area contributed by atoms with E-state index in [0.717, 1.165) is 5.56 Å². The molecule has 72 valence electrons. The lowest BCUT2D eigenvalue weighted by atomic mass is 10.2. The lowest BCUT2D eigenvalue weighted by Gasteiger charge is -2.03. The summed E-state index contributed by atoms with van der Waals surface area (Å²) < 4.78 is 22.6. The zero-order valence-electron chi connectivity index (χ0n) is 6.51. The van der Waals surface area contributed by atoms with Gasteiger partial charge < -0.3 is 0 Å². The molecule has 0 fully saturated rings. The summed E-state index contributed by atoms with van der Waals surface area (Å²) in [6.07, 6.45) is 0. The molecule has 0 bridgehead atoms. The predicted molar refractivity (Wildman–Crippen MR) is 56.9 cm³/mol. The standard InChI is InChI=1S/C7H5BrCl2O2S/c1-4-2-6(9)7(3-5(4)8)13(10,11)12/h2-3H,1H3. The van der Waals surface area contributed by atoms with Gasteiger partial charge in [-0.2, -0.15) is 0 Å². The van der Waals surface area contributed by atoms with Crippen LogP contribution in [0.1, 0.15) is 5.56 Å². The Morgan fingerprint density at radius 2 is 1.92 bits per heavy atom. The van der Waals surface area contributed by atoms with Gasteiger partial charge in [-0.1, -0.05) is 27.5 Å². The Bertz CT molecular complexity index is 442. The van der Waals surface area contributed by atoms with Crippen molar-refractivity contribution in [2.45, 2.75) is 11.8 Å². The fraction of sp³-hybridized carbons (Fsp3) is 0.143. The molecule has 1 aromatic carbocycles. The van der Waals surface area contributed by atoms with E-state index >= 15 is 0 Å². The summed E-state index contributed by atoms with van der Waals surface area (Å²) in [7, 11) is 1.39. The molecule has 0 saturated carbocycles. The molecule has 0 aromatic heterocycles. The molecular formula is C7H5BrCl2O2S. The number of rotatable bonds is 1. The van der Waals surface area contributed by atoms with Crippen LogP contribution >= 0.6 is 38.2 Å². The van der Waals surface area contributed by atoms with Crippen LogP contribution in [0, 0.1) is 6.92 Å². The lowest BCUT2D eigenvalue weighted by Crippen LogP contribution is -1.93. The van der Waals surface area contributed by atoms with Crippen molar-refractivity contribution in [3.05, 3.63) is 27.2 Å². The number of hydrogen-bond acceptors (Lipinski definition) is 2. The molecule has 6 heteroatoms. The van der Waals surface area contributed by atoms with Gasteiger partial charge in [0, 0.05) is 15.2 Å². The summed E-state index contributed by atoms with van der Waals surface area (Å²) >= 11 is 8.89. The highest BCUT2D eigenvalue weighted by Crippen LogP contribution is 2.30. The second-order valence-electron chi connectivity index (χ2n) is 2.47. The Hall–Kier alpha value is 0.230. The first-order chi connectivity index (χ1) is 5.82. The van der Waals surface area contributed by atoms with Crippen molar-refractivity contribution in [3.63, 3.8) is 0 Å². The first kappa shape index (κ1) is 11.3. The van der Waals surface area contributed by atoms with Crippen molar-refractivity contribution in [3.8, 4) is 0 Å². The third-order valence-corrected chi connectivity index (χ3v) is 4.12. The minimum atomic E-state index is -3.76. The van der Waals surface area contributed by atoms with Gasteiger partial charge in [0.1, 0.15) is 4.90 Å².